The van der Waals surface area contributed by atoms with E-state index in [1.807, 2.05) is 0 Å². The molecule has 0 aliphatic carbocycles. The Morgan fingerprint density at radius 1 is 0.913 bits per heavy atom. The zero-order valence-electron chi connectivity index (χ0n) is 10.6. The fraction of sp³-hybridized carbons (Fsp3) is 0.200. The molecule has 0 saturated heterocycles. The van der Waals surface area contributed by atoms with Gasteiger partial charge in [-0.2, -0.15) is 13.2 Å². The van der Waals surface area contributed by atoms with Gasteiger partial charge in [-0.1, -0.05) is 6.58 Å². The Balaban J connectivity index is 3.23. The van der Waals surface area contributed by atoms with E-state index in [1.54, 1.807) is 0 Å². The lowest BCUT2D eigenvalue weighted by Crippen LogP contribution is -2.27. The van der Waals surface area contributed by atoms with Crippen LogP contribution in [-0.2, 0) is 19.7 Å². The monoisotopic (exact) mass is 384 g/mol. The smallest absolute Gasteiger partial charge is 0.406 e. The molecule has 0 fully saturated rings. The molecule has 0 unspecified atom stereocenters. The van der Waals surface area contributed by atoms with Gasteiger partial charge >= 0.3 is 11.9 Å². The molecule has 0 amide bonds. The fourth-order valence-electron chi connectivity index (χ4n) is 1.23. The molecule has 1 aromatic carbocycles. The molecule has 1 aromatic rings. The average Bonchev–Trinajstić information content (AvgIpc) is 2.35. The highest BCUT2D eigenvalue weighted by molar-refractivity contribution is 8.14. The van der Waals surface area contributed by atoms with Crippen LogP contribution >= 0.6 is 0 Å². The van der Waals surface area contributed by atoms with Crippen molar-refractivity contribution in [3.8, 4) is 5.75 Å². The van der Waals surface area contributed by atoms with E-state index < -0.39 is 46.4 Å². The SMILES string of the molecule is C=C(S(=O)(=O)c1ccc(OC(F)(F)F)cc1)S(=O)(=O)C(F)(F)F. The molecule has 0 aliphatic rings. The van der Waals surface area contributed by atoms with Gasteiger partial charge in [-0.3, -0.25) is 0 Å². The topological polar surface area (TPSA) is 77.5 Å². The first-order chi connectivity index (χ1) is 10.1. The van der Waals surface area contributed by atoms with Crippen molar-refractivity contribution in [1.29, 1.82) is 0 Å². The van der Waals surface area contributed by atoms with Crippen molar-refractivity contribution in [3.63, 3.8) is 0 Å². The largest absolute Gasteiger partial charge is 0.573 e. The molecule has 0 atom stereocenters. The zero-order chi connectivity index (χ0) is 18.3. The van der Waals surface area contributed by atoms with E-state index in [4.69, 9.17) is 0 Å². The highest BCUT2D eigenvalue weighted by atomic mass is 32.3. The van der Waals surface area contributed by atoms with E-state index in [0.29, 0.717) is 24.3 Å². The number of halogens is 6. The maximum atomic E-state index is 12.3. The third kappa shape index (κ3) is 4.16. The minimum Gasteiger partial charge on any atom is -0.406 e. The van der Waals surface area contributed by atoms with Crippen molar-refractivity contribution in [2.24, 2.45) is 0 Å². The van der Waals surface area contributed by atoms with Gasteiger partial charge in [-0.05, 0) is 24.3 Å². The van der Waals surface area contributed by atoms with Crippen LogP contribution in [0.3, 0.4) is 0 Å². The van der Waals surface area contributed by atoms with Gasteiger partial charge < -0.3 is 4.74 Å². The maximum Gasteiger partial charge on any atom is 0.573 e. The van der Waals surface area contributed by atoms with E-state index in [9.17, 15) is 43.2 Å². The molecule has 5 nitrogen and oxygen atoms in total. The summed E-state index contributed by atoms with van der Waals surface area (Å²) in [6.45, 7) is 2.42. The summed E-state index contributed by atoms with van der Waals surface area (Å²) in [6.07, 6.45) is -5.07. The number of hydrogen-bond acceptors (Lipinski definition) is 5. The predicted octanol–water partition coefficient (Wildman–Crippen LogP) is 2.76. The number of ether oxygens (including phenoxy) is 1. The third-order valence-corrected chi connectivity index (χ3v) is 6.29. The van der Waals surface area contributed by atoms with E-state index in [1.165, 1.54) is 0 Å². The van der Waals surface area contributed by atoms with Gasteiger partial charge in [0.1, 0.15) is 5.75 Å². The summed E-state index contributed by atoms with van der Waals surface area (Å²) in [5.41, 5.74) is -5.89. The average molecular weight is 384 g/mol. The van der Waals surface area contributed by atoms with Crippen LogP contribution in [0.25, 0.3) is 0 Å². The second-order valence-electron chi connectivity index (χ2n) is 3.84. The lowest BCUT2D eigenvalue weighted by molar-refractivity contribution is -0.274. The highest BCUT2D eigenvalue weighted by Gasteiger charge is 2.51. The lowest BCUT2D eigenvalue weighted by Gasteiger charge is -2.12. The van der Waals surface area contributed by atoms with E-state index >= 15 is 0 Å². The third-order valence-electron chi connectivity index (χ3n) is 2.27. The van der Waals surface area contributed by atoms with Crippen LogP contribution in [0.2, 0.25) is 0 Å². The Morgan fingerprint density at radius 2 is 1.35 bits per heavy atom. The van der Waals surface area contributed by atoms with Crippen molar-refractivity contribution in [3.05, 3.63) is 35.1 Å². The van der Waals surface area contributed by atoms with Crippen molar-refractivity contribution >= 4 is 19.7 Å². The van der Waals surface area contributed by atoms with Crippen molar-refractivity contribution in [1.82, 2.24) is 0 Å². The van der Waals surface area contributed by atoms with E-state index in [-0.39, 0.29) is 0 Å². The van der Waals surface area contributed by atoms with Crippen LogP contribution in [0.4, 0.5) is 26.3 Å². The Morgan fingerprint density at radius 3 is 1.70 bits per heavy atom. The minimum atomic E-state index is -6.21. The first-order valence-electron chi connectivity index (χ1n) is 5.20. The number of alkyl halides is 6. The second kappa shape index (κ2) is 5.70. The Labute approximate surface area is 126 Å². The Bertz CT molecular complexity index is 803. The molecular weight excluding hydrogens is 378 g/mol. The quantitative estimate of drug-likeness (QED) is 0.746. The summed E-state index contributed by atoms with van der Waals surface area (Å²) in [5, 5.41) is 0. The molecule has 0 aromatic heterocycles. The van der Waals surface area contributed by atoms with Gasteiger partial charge in [0.15, 0.2) is 4.24 Å². The summed E-state index contributed by atoms with van der Waals surface area (Å²) in [4.78, 5) is -0.996. The van der Waals surface area contributed by atoms with Crippen LogP contribution in [0.5, 0.6) is 5.75 Å². The molecule has 0 spiro atoms. The normalized spacial score (nSPS) is 13.7. The standard InChI is InChI=1S/C10H6F6O5S2/c1-6(23(19,20)10(14,15)16)22(17,18)8-4-2-7(3-5-8)21-9(11,12)13/h2-5H,1H2. The molecule has 130 valence electrons. The first kappa shape index (κ1) is 19.3. The molecule has 0 radical (unpaired) electrons. The molecule has 0 aliphatic heterocycles. The number of hydrogen-bond donors (Lipinski definition) is 0. The number of sulfone groups is 2. The van der Waals surface area contributed by atoms with Gasteiger partial charge in [0.05, 0.1) is 4.90 Å². The van der Waals surface area contributed by atoms with Gasteiger partial charge in [0.2, 0.25) is 9.84 Å². The zero-order valence-corrected chi connectivity index (χ0v) is 12.3. The molecule has 0 bridgehead atoms. The number of benzene rings is 1. The van der Waals surface area contributed by atoms with Gasteiger partial charge in [0, 0.05) is 0 Å². The maximum absolute atomic E-state index is 12.3. The summed E-state index contributed by atoms with van der Waals surface area (Å²) in [6, 6.07) is 1.89. The molecule has 0 N–H and O–H groups in total. The number of rotatable bonds is 4. The van der Waals surface area contributed by atoms with Crippen molar-refractivity contribution < 1.29 is 47.9 Å². The first-order valence-corrected chi connectivity index (χ1v) is 8.17. The van der Waals surface area contributed by atoms with Crippen molar-refractivity contribution in [2.45, 2.75) is 16.8 Å². The van der Waals surface area contributed by atoms with Crippen LogP contribution < -0.4 is 4.74 Å². The van der Waals surface area contributed by atoms with Crippen molar-refractivity contribution in [2.75, 3.05) is 0 Å². The lowest BCUT2D eigenvalue weighted by atomic mass is 10.3. The molecule has 23 heavy (non-hydrogen) atoms. The molecular formula is C10H6F6O5S2. The summed E-state index contributed by atoms with van der Waals surface area (Å²) < 4.78 is 120. The van der Waals surface area contributed by atoms with Crippen LogP contribution in [0, 0.1) is 0 Å². The molecule has 0 saturated carbocycles. The van der Waals surface area contributed by atoms with Gasteiger partial charge in [-0.25, -0.2) is 16.8 Å². The van der Waals surface area contributed by atoms with E-state index in [0.717, 1.165) is 0 Å². The van der Waals surface area contributed by atoms with Gasteiger partial charge in [0.25, 0.3) is 9.84 Å². The van der Waals surface area contributed by atoms with Crippen LogP contribution in [0.15, 0.2) is 40.0 Å². The predicted molar refractivity (Wildman–Crippen MR) is 64.4 cm³/mol. The molecule has 0 heterocycles. The van der Waals surface area contributed by atoms with Crippen LogP contribution in [0.1, 0.15) is 0 Å². The van der Waals surface area contributed by atoms with E-state index in [2.05, 4.69) is 11.3 Å². The van der Waals surface area contributed by atoms with Crippen LogP contribution in [-0.4, -0.2) is 28.7 Å². The minimum absolute atomic E-state index is 0.452. The van der Waals surface area contributed by atoms with Gasteiger partial charge in [-0.15, -0.1) is 13.2 Å². The summed E-state index contributed by atoms with van der Waals surface area (Å²) >= 11 is 0. The fourth-order valence-corrected chi connectivity index (χ4v) is 3.97. The second-order valence-corrected chi connectivity index (χ2v) is 8.04. The Hall–Kier alpha value is -1.76. The Kier molecular flexibility index (Phi) is 4.78. The highest BCUT2D eigenvalue weighted by Crippen LogP contribution is 2.34. The molecule has 13 heteroatoms. The molecule has 1 rings (SSSR count). The summed E-state index contributed by atoms with van der Waals surface area (Å²) in [5.74, 6) is -0.847. The summed E-state index contributed by atoms with van der Waals surface area (Å²) in [7, 11) is -11.4.